The Bertz CT molecular complexity index is 295. The first-order valence-corrected chi connectivity index (χ1v) is 4.82. The molecule has 0 aromatic heterocycles. The second-order valence-electron chi connectivity index (χ2n) is 2.48. The predicted molar refractivity (Wildman–Crippen MR) is 41.7 cm³/mol. The number of hydrogen-bond donors (Lipinski definition) is 5. The quantitative estimate of drug-likeness (QED) is 0.311. The van der Waals surface area contributed by atoms with E-state index in [1.807, 2.05) is 0 Å². The van der Waals surface area contributed by atoms with E-state index in [-0.39, 0.29) is 0 Å². The van der Waals surface area contributed by atoms with Crippen LogP contribution in [0, 0.1) is 0 Å². The Morgan fingerprint density at radius 1 is 1.21 bits per heavy atom. The lowest BCUT2D eigenvalue weighted by molar-refractivity contribution is -0.132. The first kappa shape index (κ1) is 13.4. The van der Waals surface area contributed by atoms with Crippen molar-refractivity contribution >= 4 is 15.2 Å². The van der Waals surface area contributed by atoms with Crippen molar-refractivity contribution in [2.45, 2.75) is 18.3 Å². The summed E-state index contributed by atoms with van der Waals surface area (Å²) in [5, 5.41) is 32.7. The van der Waals surface area contributed by atoms with E-state index < -0.39 is 40.2 Å². The number of hydrogen-bond acceptors (Lipinski definition) is 7. The molecule has 9 heteroatoms. The van der Waals surface area contributed by atoms with Crippen LogP contribution in [-0.4, -0.2) is 63.4 Å². The fraction of sp³-hybridized carbons (Fsp3) is 0.800. The van der Waals surface area contributed by atoms with Crippen LogP contribution in [-0.2, 0) is 14.9 Å². The van der Waals surface area contributed by atoms with E-state index in [4.69, 9.17) is 25.0 Å². The minimum atomic E-state index is -5.13. The van der Waals surface area contributed by atoms with Gasteiger partial charge in [-0.05, 0) is 0 Å². The van der Waals surface area contributed by atoms with Crippen molar-refractivity contribution in [3.05, 3.63) is 0 Å². The summed E-state index contributed by atoms with van der Waals surface area (Å²) >= 11 is 0. The number of rotatable bonds is 4. The van der Waals surface area contributed by atoms with Crippen LogP contribution < -0.4 is 0 Å². The molecule has 0 saturated heterocycles. The zero-order valence-electron chi connectivity index (χ0n) is 6.81. The van der Waals surface area contributed by atoms with Gasteiger partial charge in [0.1, 0.15) is 12.2 Å². The van der Waals surface area contributed by atoms with E-state index in [0.717, 1.165) is 0 Å². The maximum atomic E-state index is 10.6. The summed E-state index contributed by atoms with van der Waals surface area (Å²) in [5.41, 5.74) is 0. The van der Waals surface area contributed by atoms with Gasteiger partial charge in [0.05, 0.1) is 6.61 Å². The van der Waals surface area contributed by atoms with E-state index >= 15 is 0 Å². The molecule has 0 fully saturated rings. The first-order valence-electron chi connectivity index (χ1n) is 3.38. The van der Waals surface area contributed by atoms with Crippen molar-refractivity contribution < 1.29 is 38.2 Å². The van der Waals surface area contributed by atoms with Crippen molar-refractivity contribution in [3.63, 3.8) is 0 Å². The van der Waals surface area contributed by atoms with Gasteiger partial charge < -0.3 is 20.4 Å². The third-order valence-electron chi connectivity index (χ3n) is 1.40. The summed E-state index contributed by atoms with van der Waals surface area (Å²) in [4.78, 5) is 10.6. The molecule has 0 aromatic carbocycles. The molecule has 0 unspecified atom stereocenters. The topological polar surface area (TPSA) is 152 Å². The van der Waals surface area contributed by atoms with Gasteiger partial charge in [0.25, 0.3) is 0 Å². The Balaban J connectivity index is 4.64. The largest absolute Gasteiger partial charge is 0.394 e. The molecule has 5 N–H and O–H groups in total. The lowest BCUT2D eigenvalue weighted by atomic mass is 10.1. The normalized spacial score (nSPS) is 18.6. The Morgan fingerprint density at radius 3 is 1.93 bits per heavy atom. The summed E-state index contributed by atoms with van der Waals surface area (Å²) < 4.78 is 28.5. The van der Waals surface area contributed by atoms with E-state index in [2.05, 4.69) is 0 Å². The summed E-state index contributed by atoms with van der Waals surface area (Å²) in [6.45, 7) is -0.975. The van der Waals surface area contributed by atoms with Crippen molar-refractivity contribution in [2.24, 2.45) is 0 Å². The molecule has 0 radical (unpaired) electrons. The van der Waals surface area contributed by atoms with E-state index in [0.29, 0.717) is 0 Å². The highest BCUT2D eigenvalue weighted by Crippen LogP contribution is 2.04. The van der Waals surface area contributed by atoms with Crippen LogP contribution in [0.1, 0.15) is 0 Å². The molecule has 3 atom stereocenters. The molecular formula is C5H10O8S. The summed E-state index contributed by atoms with van der Waals surface area (Å²) in [6, 6.07) is 0. The molecule has 0 aromatic rings. The van der Waals surface area contributed by atoms with Gasteiger partial charge in [-0.25, -0.2) is 0 Å². The molecule has 0 aliphatic carbocycles. The van der Waals surface area contributed by atoms with Gasteiger partial charge in [-0.1, -0.05) is 0 Å². The predicted octanol–water partition coefficient (Wildman–Crippen LogP) is -3.52. The second-order valence-corrected chi connectivity index (χ2v) is 3.83. The van der Waals surface area contributed by atoms with Crippen molar-refractivity contribution in [3.8, 4) is 0 Å². The third-order valence-corrected chi connectivity index (χ3v) is 2.15. The van der Waals surface area contributed by atoms with Gasteiger partial charge in [-0.15, -0.1) is 0 Å². The van der Waals surface area contributed by atoms with Gasteiger partial charge in [0, 0.05) is 0 Å². The Labute approximate surface area is 79.2 Å². The standard InChI is InChI=1S/C5H10O8S/c6-1-2(7)3(8)4(9)5(10)14(11,12)13/h2-4,6-9H,1H2,(H,11,12,13)/t2-,3-,4-/m1/s1. The van der Waals surface area contributed by atoms with Crippen LogP contribution in [0.25, 0.3) is 0 Å². The lowest BCUT2D eigenvalue weighted by Gasteiger charge is -2.18. The smallest absolute Gasteiger partial charge is 0.331 e. The fourth-order valence-corrected chi connectivity index (χ4v) is 1.06. The molecule has 0 heterocycles. The number of aliphatic hydroxyl groups is 4. The molecule has 0 rings (SSSR count). The molecule has 0 aliphatic rings. The highest BCUT2D eigenvalue weighted by atomic mass is 32.2. The number of aliphatic hydroxyl groups excluding tert-OH is 4. The van der Waals surface area contributed by atoms with Crippen LogP contribution in [0.2, 0.25) is 0 Å². The maximum absolute atomic E-state index is 10.6. The van der Waals surface area contributed by atoms with E-state index in [1.165, 1.54) is 0 Å². The minimum Gasteiger partial charge on any atom is -0.394 e. The summed E-state index contributed by atoms with van der Waals surface area (Å²) in [5.74, 6) is 0. The van der Waals surface area contributed by atoms with Gasteiger partial charge in [-0.2, -0.15) is 8.42 Å². The summed E-state index contributed by atoms with van der Waals surface area (Å²) in [6.07, 6.45) is -6.57. The average Bonchev–Trinajstić information content (AvgIpc) is 2.11. The molecule has 0 aliphatic heterocycles. The number of carbonyl (C=O) groups is 1. The van der Waals surface area contributed by atoms with Crippen LogP contribution in [0.4, 0.5) is 0 Å². The molecule has 84 valence electrons. The summed E-state index contributed by atoms with van der Waals surface area (Å²) in [7, 11) is -5.13. The molecule has 14 heavy (non-hydrogen) atoms. The highest BCUT2D eigenvalue weighted by Gasteiger charge is 2.36. The fourth-order valence-electron chi connectivity index (χ4n) is 0.610. The Morgan fingerprint density at radius 2 is 1.64 bits per heavy atom. The molecule has 8 nitrogen and oxygen atoms in total. The van der Waals surface area contributed by atoms with Gasteiger partial charge in [-0.3, -0.25) is 9.35 Å². The zero-order valence-corrected chi connectivity index (χ0v) is 7.62. The van der Waals surface area contributed by atoms with Crippen molar-refractivity contribution in [2.75, 3.05) is 6.61 Å². The average molecular weight is 230 g/mol. The second kappa shape index (κ2) is 4.77. The third kappa shape index (κ3) is 3.29. The van der Waals surface area contributed by atoms with Gasteiger partial charge >= 0.3 is 15.2 Å². The van der Waals surface area contributed by atoms with Gasteiger partial charge in [0.15, 0.2) is 6.10 Å². The minimum absolute atomic E-state index is 0.975. The molecule has 0 spiro atoms. The first-order chi connectivity index (χ1) is 6.21. The molecule has 0 saturated carbocycles. The van der Waals surface area contributed by atoms with Crippen LogP contribution in [0.5, 0.6) is 0 Å². The zero-order chi connectivity index (χ0) is 11.5. The van der Waals surface area contributed by atoms with Crippen molar-refractivity contribution in [1.82, 2.24) is 0 Å². The Hall–Kier alpha value is -0.580. The van der Waals surface area contributed by atoms with Gasteiger partial charge in [0.2, 0.25) is 0 Å². The molecular weight excluding hydrogens is 220 g/mol. The van der Waals surface area contributed by atoms with E-state index in [9.17, 15) is 13.2 Å². The van der Waals surface area contributed by atoms with Crippen LogP contribution in [0.3, 0.4) is 0 Å². The van der Waals surface area contributed by atoms with Crippen LogP contribution in [0.15, 0.2) is 0 Å². The monoisotopic (exact) mass is 230 g/mol. The maximum Gasteiger partial charge on any atom is 0.331 e. The van der Waals surface area contributed by atoms with Crippen LogP contribution >= 0.6 is 0 Å². The molecule has 0 bridgehead atoms. The molecule has 0 amide bonds. The SMILES string of the molecule is O=C([C@H](O)[C@H](O)[C@H](O)CO)S(=O)(=O)O. The van der Waals surface area contributed by atoms with Crippen molar-refractivity contribution in [1.29, 1.82) is 0 Å². The highest BCUT2D eigenvalue weighted by molar-refractivity contribution is 8.01. The lowest BCUT2D eigenvalue weighted by Crippen LogP contribution is -2.46. The number of carbonyl (C=O) groups excluding carboxylic acids is 1. The van der Waals surface area contributed by atoms with E-state index in [1.54, 1.807) is 0 Å². The Kier molecular flexibility index (Phi) is 4.58.